The van der Waals surface area contributed by atoms with Crippen LogP contribution in [0.3, 0.4) is 0 Å². The van der Waals surface area contributed by atoms with Gasteiger partial charge in [0.25, 0.3) is 0 Å². The Morgan fingerprint density at radius 1 is 1.50 bits per heavy atom. The molecule has 1 amide bonds. The van der Waals surface area contributed by atoms with E-state index in [9.17, 15) is 10.1 Å². The molecule has 0 bridgehead atoms. The predicted molar refractivity (Wildman–Crippen MR) is 94.0 cm³/mol. The summed E-state index contributed by atoms with van der Waals surface area (Å²) in [6.07, 6.45) is 1.41. The molecule has 0 aromatic heterocycles. The number of fused-ring (bicyclic) bond motifs is 1. The minimum absolute atomic E-state index is 0.00733. The number of hydrogen-bond donors (Lipinski definition) is 0. The summed E-state index contributed by atoms with van der Waals surface area (Å²) in [6, 6.07) is 8.02. The molecule has 1 aliphatic rings. The van der Waals surface area contributed by atoms with E-state index in [0.717, 1.165) is 34.0 Å². The SMILES string of the molecule is CC(C)(C)OC(=O)N(CCI)[C@H]1CCc2c(C#N)cccc21. The van der Waals surface area contributed by atoms with Crippen LogP contribution in [0.4, 0.5) is 4.79 Å². The molecule has 0 aliphatic heterocycles. The number of ether oxygens (including phenoxy) is 1. The highest BCUT2D eigenvalue weighted by atomic mass is 127. The number of rotatable bonds is 3. The lowest BCUT2D eigenvalue weighted by Gasteiger charge is -2.31. The third-order valence-electron chi connectivity index (χ3n) is 3.69. The van der Waals surface area contributed by atoms with Crippen LogP contribution in [-0.4, -0.2) is 27.6 Å². The van der Waals surface area contributed by atoms with Gasteiger partial charge in [-0.05, 0) is 50.8 Å². The number of amides is 1. The average Bonchev–Trinajstić information content (AvgIpc) is 2.86. The summed E-state index contributed by atoms with van der Waals surface area (Å²) in [4.78, 5) is 14.3. The molecule has 0 unspecified atom stereocenters. The van der Waals surface area contributed by atoms with Gasteiger partial charge in [-0.25, -0.2) is 4.79 Å². The van der Waals surface area contributed by atoms with Gasteiger partial charge in [-0.2, -0.15) is 5.26 Å². The molecular weight excluding hydrogens is 391 g/mol. The smallest absolute Gasteiger partial charge is 0.410 e. The van der Waals surface area contributed by atoms with Crippen LogP contribution in [0.5, 0.6) is 0 Å². The highest BCUT2D eigenvalue weighted by molar-refractivity contribution is 14.1. The van der Waals surface area contributed by atoms with Gasteiger partial charge in [0.1, 0.15) is 5.60 Å². The molecule has 1 aliphatic carbocycles. The van der Waals surface area contributed by atoms with Crippen molar-refractivity contribution in [3.63, 3.8) is 0 Å². The first-order chi connectivity index (χ1) is 10.4. The van der Waals surface area contributed by atoms with E-state index in [-0.39, 0.29) is 12.1 Å². The van der Waals surface area contributed by atoms with Gasteiger partial charge in [-0.1, -0.05) is 34.7 Å². The molecule has 118 valence electrons. The average molecular weight is 412 g/mol. The Bertz CT molecular complexity index is 602. The monoisotopic (exact) mass is 412 g/mol. The topological polar surface area (TPSA) is 53.3 Å². The van der Waals surface area contributed by atoms with Gasteiger partial charge in [0.2, 0.25) is 0 Å². The standard InChI is InChI=1S/C17H21IN2O2/c1-17(2,3)22-16(21)20(10-9-18)15-8-7-13-12(11-19)5-4-6-14(13)15/h4-6,15H,7-10H2,1-3H3/t15-/m0/s1. The molecule has 2 rings (SSSR count). The fraction of sp³-hybridized carbons (Fsp3) is 0.529. The quantitative estimate of drug-likeness (QED) is 0.552. The number of carbonyl (C=O) groups excluding carboxylic acids is 1. The van der Waals surface area contributed by atoms with E-state index in [4.69, 9.17) is 4.74 Å². The Morgan fingerprint density at radius 3 is 2.82 bits per heavy atom. The Morgan fingerprint density at radius 2 is 2.23 bits per heavy atom. The van der Waals surface area contributed by atoms with E-state index in [0.29, 0.717) is 6.54 Å². The number of carbonyl (C=O) groups is 1. The lowest BCUT2D eigenvalue weighted by molar-refractivity contribution is 0.0175. The lowest BCUT2D eigenvalue weighted by atomic mass is 10.0. The molecule has 1 aromatic rings. The maximum absolute atomic E-state index is 12.5. The molecule has 0 saturated heterocycles. The number of halogens is 1. The van der Waals surface area contributed by atoms with Crippen molar-refractivity contribution in [2.45, 2.75) is 45.3 Å². The minimum atomic E-state index is -0.503. The van der Waals surface area contributed by atoms with E-state index in [1.165, 1.54) is 0 Å². The summed E-state index contributed by atoms with van der Waals surface area (Å²) in [7, 11) is 0. The van der Waals surface area contributed by atoms with Crippen LogP contribution < -0.4 is 0 Å². The van der Waals surface area contributed by atoms with E-state index < -0.39 is 5.60 Å². The van der Waals surface area contributed by atoms with E-state index >= 15 is 0 Å². The van der Waals surface area contributed by atoms with Crippen molar-refractivity contribution >= 4 is 28.7 Å². The largest absolute Gasteiger partial charge is 0.444 e. The number of hydrogen-bond acceptors (Lipinski definition) is 3. The maximum Gasteiger partial charge on any atom is 0.410 e. The number of alkyl halides is 1. The van der Waals surface area contributed by atoms with Crippen LogP contribution in [-0.2, 0) is 11.2 Å². The van der Waals surface area contributed by atoms with Gasteiger partial charge in [0.15, 0.2) is 0 Å². The Kier molecular flexibility index (Phi) is 5.32. The van der Waals surface area contributed by atoms with E-state index in [1.807, 2.05) is 43.9 Å². The third kappa shape index (κ3) is 3.72. The first-order valence-corrected chi connectivity index (χ1v) is 8.97. The second-order valence-electron chi connectivity index (χ2n) is 6.40. The zero-order valence-corrected chi connectivity index (χ0v) is 15.4. The minimum Gasteiger partial charge on any atom is -0.444 e. The van der Waals surface area contributed by atoms with Crippen molar-refractivity contribution in [3.8, 4) is 6.07 Å². The highest BCUT2D eigenvalue weighted by Gasteiger charge is 2.34. The molecule has 4 nitrogen and oxygen atoms in total. The van der Waals surface area contributed by atoms with Gasteiger partial charge in [-0.15, -0.1) is 0 Å². The Labute approximate surface area is 145 Å². The van der Waals surface area contributed by atoms with Crippen LogP contribution in [0.25, 0.3) is 0 Å². The van der Waals surface area contributed by atoms with Crippen molar-refractivity contribution < 1.29 is 9.53 Å². The van der Waals surface area contributed by atoms with Crippen LogP contribution >= 0.6 is 22.6 Å². The summed E-state index contributed by atoms with van der Waals surface area (Å²) in [5.74, 6) is 0. The Balaban J connectivity index is 2.30. The molecule has 0 spiro atoms. The highest BCUT2D eigenvalue weighted by Crippen LogP contribution is 2.38. The molecular formula is C17H21IN2O2. The molecule has 1 aromatic carbocycles. The second-order valence-corrected chi connectivity index (χ2v) is 7.48. The zero-order valence-electron chi connectivity index (χ0n) is 13.2. The fourth-order valence-corrected chi connectivity index (χ4v) is 3.37. The summed E-state index contributed by atoms with van der Waals surface area (Å²) in [5, 5.41) is 9.24. The summed E-state index contributed by atoms with van der Waals surface area (Å²) in [6.45, 7) is 6.28. The van der Waals surface area contributed by atoms with Gasteiger partial charge in [0, 0.05) is 11.0 Å². The van der Waals surface area contributed by atoms with Gasteiger partial charge in [-0.3, -0.25) is 0 Å². The number of nitrogens with zero attached hydrogens (tertiary/aromatic N) is 2. The summed E-state index contributed by atoms with van der Waals surface area (Å²) >= 11 is 2.27. The van der Waals surface area contributed by atoms with Gasteiger partial charge >= 0.3 is 6.09 Å². The summed E-state index contributed by atoms with van der Waals surface area (Å²) in [5.41, 5.74) is 2.39. The lowest BCUT2D eigenvalue weighted by Crippen LogP contribution is -2.39. The first kappa shape index (κ1) is 17.1. The molecule has 0 radical (unpaired) electrons. The predicted octanol–water partition coefficient (Wildman–Crippen LogP) is 4.22. The van der Waals surface area contributed by atoms with Crippen LogP contribution in [0.2, 0.25) is 0 Å². The molecule has 0 saturated carbocycles. The van der Waals surface area contributed by atoms with Crippen LogP contribution in [0.1, 0.15) is 49.9 Å². The third-order valence-corrected chi connectivity index (χ3v) is 4.17. The van der Waals surface area contributed by atoms with E-state index in [2.05, 4.69) is 28.7 Å². The molecule has 0 fully saturated rings. The molecule has 5 heteroatoms. The van der Waals surface area contributed by atoms with Gasteiger partial charge in [0.05, 0.1) is 17.7 Å². The maximum atomic E-state index is 12.5. The van der Waals surface area contributed by atoms with Crippen molar-refractivity contribution in [2.24, 2.45) is 0 Å². The fourth-order valence-electron chi connectivity index (χ4n) is 2.85. The number of benzene rings is 1. The second kappa shape index (κ2) is 6.86. The molecule has 22 heavy (non-hydrogen) atoms. The van der Waals surface area contributed by atoms with Crippen LogP contribution in [0, 0.1) is 11.3 Å². The normalized spacial score (nSPS) is 16.8. The summed E-state index contributed by atoms with van der Waals surface area (Å²) < 4.78 is 6.40. The Hall–Kier alpha value is -1.29. The van der Waals surface area contributed by atoms with E-state index in [1.54, 1.807) is 0 Å². The molecule has 1 atom stereocenters. The van der Waals surface area contributed by atoms with Gasteiger partial charge < -0.3 is 9.64 Å². The van der Waals surface area contributed by atoms with Crippen molar-refractivity contribution in [1.29, 1.82) is 5.26 Å². The van der Waals surface area contributed by atoms with Crippen molar-refractivity contribution in [2.75, 3.05) is 11.0 Å². The van der Waals surface area contributed by atoms with Crippen molar-refractivity contribution in [3.05, 3.63) is 34.9 Å². The first-order valence-electron chi connectivity index (χ1n) is 7.45. The molecule has 0 N–H and O–H groups in total. The zero-order chi connectivity index (χ0) is 16.3. The molecule has 0 heterocycles. The van der Waals surface area contributed by atoms with Crippen LogP contribution in [0.15, 0.2) is 18.2 Å². The number of nitriles is 1. The van der Waals surface area contributed by atoms with Crippen molar-refractivity contribution in [1.82, 2.24) is 4.90 Å².